The van der Waals surface area contributed by atoms with E-state index in [1.54, 1.807) is 0 Å². The first-order valence-corrected chi connectivity index (χ1v) is 8.79. The second kappa shape index (κ2) is 5.22. The number of H-pyrrole nitrogens is 1. The first-order valence-electron chi connectivity index (χ1n) is 8.00. The van der Waals surface area contributed by atoms with Crippen molar-refractivity contribution in [1.82, 2.24) is 4.98 Å². The minimum Gasteiger partial charge on any atom is -0.354 e. The zero-order valence-corrected chi connectivity index (χ0v) is 14.5. The third-order valence-electron chi connectivity index (χ3n) is 4.70. The molecule has 1 nitrogen and oxygen atoms in total. The molecule has 0 saturated carbocycles. The molecule has 4 aromatic carbocycles. The van der Waals surface area contributed by atoms with Gasteiger partial charge in [0, 0.05) is 26.3 Å². The van der Waals surface area contributed by atoms with Gasteiger partial charge in [-0.2, -0.15) is 0 Å². The number of fused-ring (bicyclic) bond motifs is 4. The third kappa shape index (κ3) is 1.93. The molecule has 1 aromatic heterocycles. The summed E-state index contributed by atoms with van der Waals surface area (Å²) < 4.78 is 1.13. The van der Waals surface area contributed by atoms with E-state index in [1.807, 2.05) is 0 Å². The van der Waals surface area contributed by atoms with Crippen LogP contribution in [0.15, 0.2) is 83.3 Å². The number of benzene rings is 4. The van der Waals surface area contributed by atoms with E-state index in [9.17, 15) is 0 Å². The highest BCUT2D eigenvalue weighted by atomic mass is 79.9. The number of hydrogen-bond donors (Lipinski definition) is 1. The second-order valence-corrected chi connectivity index (χ2v) is 6.89. The van der Waals surface area contributed by atoms with E-state index in [0.29, 0.717) is 0 Å². The van der Waals surface area contributed by atoms with E-state index in [1.165, 1.54) is 43.7 Å². The van der Waals surface area contributed by atoms with E-state index in [0.717, 1.165) is 4.47 Å². The molecule has 0 aliphatic heterocycles. The van der Waals surface area contributed by atoms with Crippen LogP contribution in [0, 0.1) is 0 Å². The average molecular weight is 372 g/mol. The molecule has 0 saturated heterocycles. The summed E-state index contributed by atoms with van der Waals surface area (Å²) in [5.74, 6) is 0. The lowest BCUT2D eigenvalue weighted by Gasteiger charge is -2.10. The molecular formula is C22H14BrN. The molecule has 0 spiro atoms. The number of aromatic amines is 1. The van der Waals surface area contributed by atoms with Crippen molar-refractivity contribution in [3.63, 3.8) is 0 Å². The maximum atomic E-state index is 3.67. The fraction of sp³-hybridized carbons (Fsp3) is 0. The molecule has 0 radical (unpaired) electrons. The molecule has 5 rings (SSSR count). The summed E-state index contributed by atoms with van der Waals surface area (Å²) in [6, 6.07) is 27.9. The zero-order chi connectivity index (χ0) is 16.1. The fourth-order valence-electron chi connectivity index (χ4n) is 3.59. The van der Waals surface area contributed by atoms with Crippen molar-refractivity contribution in [2.45, 2.75) is 0 Å². The van der Waals surface area contributed by atoms with Crippen molar-refractivity contribution in [3.05, 3.63) is 83.3 Å². The van der Waals surface area contributed by atoms with Gasteiger partial charge in [-0.15, -0.1) is 0 Å². The summed E-state index contributed by atoms with van der Waals surface area (Å²) in [5, 5.41) is 5.05. The number of nitrogens with one attached hydrogen (secondary N) is 1. The van der Waals surface area contributed by atoms with Crippen LogP contribution in [0.5, 0.6) is 0 Å². The van der Waals surface area contributed by atoms with Crippen molar-refractivity contribution in [2.24, 2.45) is 0 Å². The van der Waals surface area contributed by atoms with Gasteiger partial charge in [-0.05, 0) is 28.5 Å². The summed E-state index contributed by atoms with van der Waals surface area (Å²) in [7, 11) is 0. The molecule has 1 N–H and O–H groups in total. The summed E-state index contributed by atoms with van der Waals surface area (Å²) >= 11 is 3.67. The van der Waals surface area contributed by atoms with Crippen LogP contribution in [0.3, 0.4) is 0 Å². The van der Waals surface area contributed by atoms with E-state index < -0.39 is 0 Å². The summed E-state index contributed by atoms with van der Waals surface area (Å²) in [6.45, 7) is 0. The Hall–Kier alpha value is -2.58. The van der Waals surface area contributed by atoms with Gasteiger partial charge >= 0.3 is 0 Å². The van der Waals surface area contributed by atoms with Crippen LogP contribution in [-0.4, -0.2) is 4.98 Å². The van der Waals surface area contributed by atoms with Gasteiger partial charge in [0.2, 0.25) is 0 Å². The highest BCUT2D eigenvalue weighted by molar-refractivity contribution is 9.10. The topological polar surface area (TPSA) is 15.8 Å². The lowest BCUT2D eigenvalue weighted by Crippen LogP contribution is -1.84. The smallest absolute Gasteiger partial charge is 0.0544 e. The van der Waals surface area contributed by atoms with Crippen LogP contribution in [-0.2, 0) is 0 Å². The first kappa shape index (κ1) is 13.8. The van der Waals surface area contributed by atoms with E-state index in [2.05, 4.69) is 99.8 Å². The van der Waals surface area contributed by atoms with E-state index in [-0.39, 0.29) is 0 Å². The number of hydrogen-bond acceptors (Lipinski definition) is 0. The molecule has 24 heavy (non-hydrogen) atoms. The van der Waals surface area contributed by atoms with E-state index in [4.69, 9.17) is 0 Å². The standard InChI is InChI=1S/C22H14BrN/c23-20-13-12-15(14-6-1-2-7-16(14)20)18-9-5-10-19-17-8-3-4-11-21(17)24-22(18)19/h1-13,24H. The molecule has 2 heteroatoms. The van der Waals surface area contributed by atoms with Crippen LogP contribution in [0.4, 0.5) is 0 Å². The lowest BCUT2D eigenvalue weighted by atomic mass is 9.96. The van der Waals surface area contributed by atoms with Gasteiger partial charge in [-0.3, -0.25) is 0 Å². The largest absolute Gasteiger partial charge is 0.354 e. The number of halogens is 1. The Morgan fingerprint density at radius 3 is 2.12 bits per heavy atom. The normalized spacial score (nSPS) is 11.5. The van der Waals surface area contributed by atoms with Crippen molar-refractivity contribution >= 4 is 48.5 Å². The monoisotopic (exact) mass is 371 g/mol. The maximum Gasteiger partial charge on any atom is 0.0544 e. The predicted molar refractivity (Wildman–Crippen MR) is 106 cm³/mol. The van der Waals surface area contributed by atoms with Crippen LogP contribution < -0.4 is 0 Å². The first-order chi connectivity index (χ1) is 11.8. The van der Waals surface area contributed by atoms with Gasteiger partial charge in [-0.1, -0.05) is 82.7 Å². The fourth-order valence-corrected chi connectivity index (χ4v) is 4.07. The Labute approximate surface area is 148 Å². The van der Waals surface area contributed by atoms with Crippen LogP contribution in [0.2, 0.25) is 0 Å². The van der Waals surface area contributed by atoms with Gasteiger partial charge in [-0.25, -0.2) is 0 Å². The molecular weight excluding hydrogens is 358 g/mol. The predicted octanol–water partition coefficient (Wildman–Crippen LogP) is 6.90. The molecule has 114 valence electrons. The molecule has 0 bridgehead atoms. The molecule has 0 unspecified atom stereocenters. The quantitative estimate of drug-likeness (QED) is 0.329. The van der Waals surface area contributed by atoms with E-state index >= 15 is 0 Å². The van der Waals surface area contributed by atoms with Gasteiger partial charge in [0.25, 0.3) is 0 Å². The zero-order valence-electron chi connectivity index (χ0n) is 12.9. The Kier molecular flexibility index (Phi) is 3.00. The molecule has 5 aromatic rings. The third-order valence-corrected chi connectivity index (χ3v) is 5.39. The maximum absolute atomic E-state index is 3.67. The van der Waals surface area contributed by atoms with Crippen molar-refractivity contribution in [1.29, 1.82) is 0 Å². The number of para-hydroxylation sites is 2. The van der Waals surface area contributed by atoms with Crippen molar-refractivity contribution in [3.8, 4) is 11.1 Å². The summed E-state index contributed by atoms with van der Waals surface area (Å²) in [5.41, 5.74) is 4.88. The SMILES string of the molecule is Brc1ccc(-c2cccc3c2[nH]c2ccccc23)c2ccccc12. The van der Waals surface area contributed by atoms with Crippen LogP contribution in [0.1, 0.15) is 0 Å². The molecule has 1 heterocycles. The van der Waals surface area contributed by atoms with Gasteiger partial charge in [0.15, 0.2) is 0 Å². The van der Waals surface area contributed by atoms with Crippen LogP contribution >= 0.6 is 15.9 Å². The van der Waals surface area contributed by atoms with Gasteiger partial charge < -0.3 is 4.98 Å². The van der Waals surface area contributed by atoms with Crippen molar-refractivity contribution in [2.75, 3.05) is 0 Å². The molecule has 0 amide bonds. The number of rotatable bonds is 1. The Bertz CT molecular complexity index is 1220. The summed E-state index contributed by atoms with van der Waals surface area (Å²) in [4.78, 5) is 3.61. The Morgan fingerprint density at radius 2 is 1.25 bits per heavy atom. The molecule has 0 aliphatic rings. The highest BCUT2D eigenvalue weighted by Crippen LogP contribution is 2.38. The minimum atomic E-state index is 1.13. The molecule has 0 aliphatic carbocycles. The second-order valence-electron chi connectivity index (χ2n) is 6.04. The van der Waals surface area contributed by atoms with Gasteiger partial charge in [0.05, 0.1) is 5.52 Å². The van der Waals surface area contributed by atoms with Gasteiger partial charge in [0.1, 0.15) is 0 Å². The van der Waals surface area contributed by atoms with Crippen LogP contribution in [0.25, 0.3) is 43.7 Å². The molecule has 0 fully saturated rings. The highest BCUT2D eigenvalue weighted by Gasteiger charge is 2.12. The minimum absolute atomic E-state index is 1.13. The number of aromatic nitrogens is 1. The Morgan fingerprint density at radius 1 is 0.542 bits per heavy atom. The molecule has 0 atom stereocenters. The Balaban J connectivity index is 1.92. The summed E-state index contributed by atoms with van der Waals surface area (Å²) in [6.07, 6.45) is 0. The average Bonchev–Trinajstić information content (AvgIpc) is 3.01. The van der Waals surface area contributed by atoms with Crippen molar-refractivity contribution < 1.29 is 0 Å². The lowest BCUT2D eigenvalue weighted by molar-refractivity contribution is 1.54.